The molecule has 20 heavy (non-hydrogen) atoms. The molecular formula is C14H20N2O4. The molecule has 1 aliphatic carbocycles. The van der Waals surface area contributed by atoms with Crippen LogP contribution in [0.25, 0.3) is 0 Å². The van der Waals surface area contributed by atoms with Gasteiger partial charge in [0.05, 0.1) is 17.6 Å². The summed E-state index contributed by atoms with van der Waals surface area (Å²) in [5, 5.41) is 14.5. The van der Waals surface area contributed by atoms with Crippen LogP contribution in [0.1, 0.15) is 26.2 Å². The van der Waals surface area contributed by atoms with E-state index in [0.717, 1.165) is 19.3 Å². The van der Waals surface area contributed by atoms with Gasteiger partial charge in [-0.2, -0.15) is 0 Å². The first-order valence-electron chi connectivity index (χ1n) is 6.85. The van der Waals surface area contributed by atoms with Gasteiger partial charge < -0.3 is 14.8 Å². The van der Waals surface area contributed by atoms with E-state index >= 15 is 0 Å². The summed E-state index contributed by atoms with van der Waals surface area (Å²) in [6.07, 6.45) is 3.04. The lowest BCUT2D eigenvalue weighted by atomic mass is 10.2. The average Bonchev–Trinajstić information content (AvgIpc) is 2.86. The number of nitrogens with one attached hydrogen (secondary N) is 1. The second kappa shape index (κ2) is 6.56. The van der Waals surface area contributed by atoms with Gasteiger partial charge in [-0.1, -0.05) is 6.07 Å². The van der Waals surface area contributed by atoms with Crippen LogP contribution < -0.4 is 10.1 Å². The van der Waals surface area contributed by atoms with E-state index < -0.39 is 4.92 Å². The predicted molar refractivity (Wildman–Crippen MR) is 76.3 cm³/mol. The monoisotopic (exact) mass is 280 g/mol. The molecule has 2 atom stereocenters. The van der Waals surface area contributed by atoms with Crippen molar-refractivity contribution >= 4 is 11.4 Å². The minimum atomic E-state index is -0.393. The molecule has 6 nitrogen and oxygen atoms in total. The number of methoxy groups -OCH3 is 1. The van der Waals surface area contributed by atoms with Gasteiger partial charge in [-0.25, -0.2) is 0 Å². The van der Waals surface area contributed by atoms with Gasteiger partial charge in [0.25, 0.3) is 0 Å². The van der Waals surface area contributed by atoms with E-state index in [2.05, 4.69) is 5.32 Å². The van der Waals surface area contributed by atoms with Crippen LogP contribution in [0.15, 0.2) is 18.2 Å². The third-order valence-electron chi connectivity index (χ3n) is 3.56. The van der Waals surface area contributed by atoms with Crippen molar-refractivity contribution in [1.29, 1.82) is 0 Å². The van der Waals surface area contributed by atoms with Crippen LogP contribution in [-0.4, -0.2) is 30.8 Å². The Bertz CT molecular complexity index is 478. The van der Waals surface area contributed by atoms with Crippen LogP contribution in [0, 0.1) is 10.1 Å². The van der Waals surface area contributed by atoms with E-state index in [0.29, 0.717) is 18.0 Å². The van der Waals surface area contributed by atoms with E-state index in [4.69, 9.17) is 9.47 Å². The van der Waals surface area contributed by atoms with Gasteiger partial charge in [-0.05, 0) is 38.3 Å². The maximum atomic E-state index is 11.3. The molecule has 1 fully saturated rings. The number of ether oxygens (including phenoxy) is 2. The number of para-hydroxylation sites is 1. The Hall–Kier alpha value is -1.82. The molecule has 0 spiro atoms. The standard InChI is InChI=1S/C14H20N2O4/c1-3-20-13-6-4-5-12(14(13)16(17)18)15-10-7-8-11(9-10)19-2/h4-6,10-11,15H,3,7-9H2,1-2H3. The first kappa shape index (κ1) is 14.6. The smallest absolute Gasteiger partial charge is 0.333 e. The van der Waals surface area contributed by atoms with Crippen molar-refractivity contribution in [3.8, 4) is 5.75 Å². The van der Waals surface area contributed by atoms with Crippen molar-refractivity contribution in [1.82, 2.24) is 0 Å². The topological polar surface area (TPSA) is 73.6 Å². The summed E-state index contributed by atoms with van der Waals surface area (Å²) in [5.41, 5.74) is 0.526. The number of hydrogen-bond acceptors (Lipinski definition) is 5. The van der Waals surface area contributed by atoms with Gasteiger partial charge in [-0.3, -0.25) is 10.1 Å². The summed E-state index contributed by atoms with van der Waals surface area (Å²) in [5.74, 6) is 0.309. The second-order valence-corrected chi connectivity index (χ2v) is 4.85. The third kappa shape index (κ3) is 3.19. The van der Waals surface area contributed by atoms with Crippen LogP contribution in [0.4, 0.5) is 11.4 Å². The molecule has 110 valence electrons. The van der Waals surface area contributed by atoms with E-state index in [9.17, 15) is 10.1 Å². The van der Waals surface area contributed by atoms with Gasteiger partial charge in [-0.15, -0.1) is 0 Å². The van der Waals surface area contributed by atoms with Crippen molar-refractivity contribution in [2.45, 2.75) is 38.3 Å². The minimum Gasteiger partial charge on any atom is -0.487 e. The molecule has 0 amide bonds. The highest BCUT2D eigenvalue weighted by molar-refractivity contribution is 5.68. The number of rotatable bonds is 6. The van der Waals surface area contributed by atoms with Crippen LogP contribution in [-0.2, 0) is 4.74 Å². The Kier molecular flexibility index (Phi) is 4.79. The van der Waals surface area contributed by atoms with E-state index in [1.165, 1.54) is 0 Å². The molecule has 6 heteroatoms. The highest BCUT2D eigenvalue weighted by Crippen LogP contribution is 2.36. The molecule has 0 bridgehead atoms. The molecule has 1 saturated carbocycles. The Balaban J connectivity index is 2.18. The van der Waals surface area contributed by atoms with Crippen molar-refractivity contribution < 1.29 is 14.4 Å². The summed E-state index contributed by atoms with van der Waals surface area (Å²) < 4.78 is 10.7. The van der Waals surface area contributed by atoms with Crippen LogP contribution in [0.3, 0.4) is 0 Å². The largest absolute Gasteiger partial charge is 0.487 e. The number of benzene rings is 1. The molecular weight excluding hydrogens is 260 g/mol. The first-order chi connectivity index (χ1) is 9.65. The van der Waals surface area contributed by atoms with E-state index in [-0.39, 0.29) is 17.8 Å². The summed E-state index contributed by atoms with van der Waals surface area (Å²) in [7, 11) is 1.70. The second-order valence-electron chi connectivity index (χ2n) is 4.85. The molecule has 2 rings (SSSR count). The lowest BCUT2D eigenvalue weighted by molar-refractivity contribution is -0.385. The number of nitro benzene ring substituents is 1. The number of nitrogens with zero attached hydrogens (tertiary/aromatic N) is 1. The molecule has 1 aliphatic rings. The fourth-order valence-corrected chi connectivity index (χ4v) is 2.60. The lowest BCUT2D eigenvalue weighted by Crippen LogP contribution is -2.18. The first-order valence-corrected chi connectivity index (χ1v) is 6.85. The summed E-state index contributed by atoms with van der Waals surface area (Å²) in [6, 6.07) is 5.32. The van der Waals surface area contributed by atoms with Crippen LogP contribution in [0.5, 0.6) is 5.75 Å². The van der Waals surface area contributed by atoms with Crippen LogP contribution in [0.2, 0.25) is 0 Å². The summed E-state index contributed by atoms with van der Waals surface area (Å²) in [4.78, 5) is 10.9. The van der Waals surface area contributed by atoms with Gasteiger partial charge in [0.15, 0.2) is 5.75 Å². The summed E-state index contributed by atoms with van der Waals surface area (Å²) >= 11 is 0. The van der Waals surface area contributed by atoms with E-state index in [1.54, 1.807) is 25.3 Å². The molecule has 0 heterocycles. The van der Waals surface area contributed by atoms with Crippen molar-refractivity contribution in [3.63, 3.8) is 0 Å². The van der Waals surface area contributed by atoms with Gasteiger partial charge in [0, 0.05) is 13.2 Å². The van der Waals surface area contributed by atoms with E-state index in [1.807, 2.05) is 6.92 Å². The Labute approximate surface area is 118 Å². The fourth-order valence-electron chi connectivity index (χ4n) is 2.60. The quantitative estimate of drug-likeness (QED) is 0.640. The zero-order valence-corrected chi connectivity index (χ0v) is 11.8. The van der Waals surface area contributed by atoms with Crippen LogP contribution >= 0.6 is 0 Å². The molecule has 1 aromatic rings. The molecule has 0 aromatic heterocycles. The fraction of sp³-hybridized carbons (Fsp3) is 0.571. The molecule has 0 aliphatic heterocycles. The third-order valence-corrected chi connectivity index (χ3v) is 3.56. The van der Waals surface area contributed by atoms with Crippen molar-refractivity contribution in [3.05, 3.63) is 28.3 Å². The SMILES string of the molecule is CCOc1cccc(NC2CCC(OC)C2)c1[N+](=O)[O-]. The molecule has 0 saturated heterocycles. The lowest BCUT2D eigenvalue weighted by Gasteiger charge is -2.15. The number of anilines is 1. The molecule has 1 aromatic carbocycles. The highest BCUT2D eigenvalue weighted by atomic mass is 16.6. The van der Waals surface area contributed by atoms with Crippen molar-refractivity contribution in [2.24, 2.45) is 0 Å². The van der Waals surface area contributed by atoms with Gasteiger partial charge >= 0.3 is 5.69 Å². The maximum Gasteiger partial charge on any atom is 0.333 e. The number of hydrogen-bond donors (Lipinski definition) is 1. The summed E-state index contributed by atoms with van der Waals surface area (Å²) in [6.45, 7) is 2.21. The predicted octanol–water partition coefficient (Wildman–Crippen LogP) is 2.97. The molecule has 1 N–H and O–H groups in total. The maximum absolute atomic E-state index is 11.3. The van der Waals surface area contributed by atoms with Gasteiger partial charge in [0.1, 0.15) is 5.69 Å². The minimum absolute atomic E-state index is 0.00946. The zero-order chi connectivity index (χ0) is 14.5. The molecule has 0 radical (unpaired) electrons. The normalized spacial score (nSPS) is 21.7. The Morgan fingerprint density at radius 1 is 1.45 bits per heavy atom. The Morgan fingerprint density at radius 2 is 2.25 bits per heavy atom. The Morgan fingerprint density at radius 3 is 2.85 bits per heavy atom. The average molecular weight is 280 g/mol. The highest BCUT2D eigenvalue weighted by Gasteiger charge is 2.28. The van der Waals surface area contributed by atoms with Gasteiger partial charge in [0.2, 0.25) is 0 Å². The molecule has 2 unspecified atom stereocenters. The number of nitro groups is 1. The zero-order valence-electron chi connectivity index (χ0n) is 11.8. The van der Waals surface area contributed by atoms with Crippen molar-refractivity contribution in [2.75, 3.05) is 19.0 Å².